The van der Waals surface area contributed by atoms with E-state index in [1.54, 1.807) is 18.2 Å². The number of hydrogen-bond acceptors (Lipinski definition) is 5. The van der Waals surface area contributed by atoms with Crippen molar-refractivity contribution in [3.63, 3.8) is 0 Å². The standard InChI is InChI=1S/C26H37N2O5P/c1-8-16-33-21-14-12-20(13-15-21)24(25(29)28-23-18(2)10-9-11-19(23)3)27-22(26(4,5)6)17-34(30,31)32-7/h8-15,22,24,27H,1,16-17H2,2-7H3,(H,28,29)(H,30,31). The van der Waals surface area contributed by atoms with Gasteiger partial charge in [-0.25, -0.2) is 0 Å². The maximum absolute atomic E-state index is 13.6. The molecule has 0 saturated heterocycles. The summed E-state index contributed by atoms with van der Waals surface area (Å²) in [5.41, 5.74) is 2.93. The number of ether oxygens (including phenoxy) is 1. The number of aryl methyl sites for hydroxylation is 2. The van der Waals surface area contributed by atoms with E-state index in [4.69, 9.17) is 9.26 Å². The monoisotopic (exact) mass is 488 g/mol. The first-order chi connectivity index (χ1) is 15.9. The average Bonchev–Trinajstić information content (AvgIpc) is 2.77. The fourth-order valence-electron chi connectivity index (χ4n) is 3.52. The first kappa shape index (κ1) is 27.8. The predicted octanol–water partition coefficient (Wildman–Crippen LogP) is 5.38. The molecule has 0 aliphatic rings. The number of para-hydroxylation sites is 1. The molecular formula is C26H37N2O5P. The summed E-state index contributed by atoms with van der Waals surface area (Å²) in [6.07, 6.45) is 1.52. The molecule has 34 heavy (non-hydrogen) atoms. The molecule has 0 radical (unpaired) electrons. The molecule has 0 heterocycles. The quantitative estimate of drug-likeness (QED) is 0.290. The van der Waals surface area contributed by atoms with E-state index in [0.717, 1.165) is 16.8 Å². The molecule has 2 aromatic rings. The molecule has 0 saturated carbocycles. The number of rotatable bonds is 11. The smallest absolute Gasteiger partial charge is 0.329 e. The Hall–Kier alpha value is -2.44. The first-order valence-corrected chi connectivity index (χ1v) is 13.0. The van der Waals surface area contributed by atoms with Crippen LogP contribution < -0.4 is 15.4 Å². The summed E-state index contributed by atoms with van der Waals surface area (Å²) in [4.78, 5) is 23.8. The summed E-state index contributed by atoms with van der Waals surface area (Å²) in [6.45, 7) is 13.8. The molecule has 8 heteroatoms. The molecule has 2 rings (SSSR count). The van der Waals surface area contributed by atoms with Gasteiger partial charge in [-0.15, -0.1) is 0 Å². The molecule has 0 spiro atoms. The van der Waals surface area contributed by atoms with E-state index in [1.807, 2.05) is 65.0 Å². The Morgan fingerprint density at radius 2 is 1.74 bits per heavy atom. The summed E-state index contributed by atoms with van der Waals surface area (Å²) in [6, 6.07) is 11.8. The van der Waals surface area contributed by atoms with Gasteiger partial charge in [0.15, 0.2) is 0 Å². The van der Waals surface area contributed by atoms with Gasteiger partial charge in [0, 0.05) is 18.8 Å². The lowest BCUT2D eigenvalue weighted by atomic mass is 9.86. The van der Waals surface area contributed by atoms with Crippen molar-refractivity contribution in [2.24, 2.45) is 5.41 Å². The van der Waals surface area contributed by atoms with E-state index in [2.05, 4.69) is 17.2 Å². The molecule has 0 aromatic heterocycles. The molecule has 3 unspecified atom stereocenters. The molecule has 0 aliphatic carbocycles. The molecule has 3 atom stereocenters. The van der Waals surface area contributed by atoms with Gasteiger partial charge in [0.05, 0.1) is 6.16 Å². The van der Waals surface area contributed by atoms with Crippen molar-refractivity contribution in [3.05, 3.63) is 71.8 Å². The Labute approximate surface area is 203 Å². The Balaban J connectivity index is 2.44. The van der Waals surface area contributed by atoms with Crippen molar-refractivity contribution in [1.82, 2.24) is 5.32 Å². The Bertz CT molecular complexity index is 1010. The Morgan fingerprint density at radius 3 is 2.24 bits per heavy atom. The molecule has 1 amide bonds. The zero-order valence-corrected chi connectivity index (χ0v) is 21.8. The zero-order chi connectivity index (χ0) is 25.5. The minimum Gasteiger partial charge on any atom is -0.490 e. The average molecular weight is 489 g/mol. The van der Waals surface area contributed by atoms with E-state index in [1.165, 1.54) is 7.11 Å². The van der Waals surface area contributed by atoms with E-state index < -0.39 is 25.1 Å². The van der Waals surface area contributed by atoms with Gasteiger partial charge in [-0.05, 0) is 48.1 Å². The van der Waals surface area contributed by atoms with Crippen LogP contribution in [0.15, 0.2) is 55.1 Å². The number of benzene rings is 2. The third-order valence-corrected chi connectivity index (χ3v) is 7.08. The highest BCUT2D eigenvalue weighted by Crippen LogP contribution is 2.44. The van der Waals surface area contributed by atoms with Gasteiger partial charge in [0.2, 0.25) is 5.91 Å². The van der Waals surface area contributed by atoms with E-state index in [-0.39, 0.29) is 12.1 Å². The molecule has 0 aliphatic heterocycles. The van der Waals surface area contributed by atoms with Gasteiger partial charge in [-0.3, -0.25) is 14.7 Å². The van der Waals surface area contributed by atoms with Crippen molar-refractivity contribution in [2.75, 3.05) is 25.2 Å². The second kappa shape index (κ2) is 11.8. The van der Waals surface area contributed by atoms with Crippen LogP contribution in [-0.2, 0) is 13.9 Å². The summed E-state index contributed by atoms with van der Waals surface area (Å²) < 4.78 is 22.8. The van der Waals surface area contributed by atoms with Crippen LogP contribution in [0.3, 0.4) is 0 Å². The van der Waals surface area contributed by atoms with Crippen molar-refractivity contribution in [3.8, 4) is 5.75 Å². The maximum atomic E-state index is 13.6. The number of nitrogens with one attached hydrogen (secondary N) is 2. The topological polar surface area (TPSA) is 96.9 Å². The van der Waals surface area contributed by atoms with Crippen LogP contribution in [0, 0.1) is 19.3 Å². The summed E-state index contributed by atoms with van der Waals surface area (Å²) >= 11 is 0. The number of amides is 1. The van der Waals surface area contributed by atoms with Gasteiger partial charge < -0.3 is 19.5 Å². The van der Waals surface area contributed by atoms with Crippen molar-refractivity contribution in [1.29, 1.82) is 0 Å². The molecule has 0 fully saturated rings. The van der Waals surface area contributed by atoms with Gasteiger partial charge in [-0.1, -0.05) is 63.8 Å². The zero-order valence-electron chi connectivity index (χ0n) is 20.9. The number of hydrogen-bond donors (Lipinski definition) is 3. The van der Waals surface area contributed by atoms with Crippen LogP contribution in [0.25, 0.3) is 0 Å². The lowest BCUT2D eigenvalue weighted by molar-refractivity contribution is -0.118. The Morgan fingerprint density at radius 1 is 1.15 bits per heavy atom. The van der Waals surface area contributed by atoms with E-state index in [9.17, 15) is 14.3 Å². The van der Waals surface area contributed by atoms with Crippen molar-refractivity contribution >= 4 is 19.2 Å². The van der Waals surface area contributed by atoms with Crippen molar-refractivity contribution < 1.29 is 23.5 Å². The maximum Gasteiger partial charge on any atom is 0.329 e. The second-order valence-corrected chi connectivity index (χ2v) is 11.5. The third kappa shape index (κ3) is 7.81. The fourth-order valence-corrected chi connectivity index (χ4v) is 4.79. The normalized spacial score (nSPS) is 15.1. The molecule has 3 N–H and O–H groups in total. The van der Waals surface area contributed by atoms with E-state index in [0.29, 0.717) is 17.9 Å². The molecular weight excluding hydrogens is 451 g/mol. The second-order valence-electron chi connectivity index (χ2n) is 9.45. The van der Waals surface area contributed by atoms with Crippen molar-refractivity contribution in [2.45, 2.75) is 46.7 Å². The summed E-state index contributed by atoms with van der Waals surface area (Å²) in [5.74, 6) is 0.390. The molecule has 2 aromatic carbocycles. The highest BCUT2D eigenvalue weighted by Gasteiger charge is 2.36. The van der Waals surface area contributed by atoms with Crippen LogP contribution >= 0.6 is 7.60 Å². The Kier molecular flexibility index (Phi) is 9.65. The van der Waals surface area contributed by atoms with Gasteiger partial charge in [0.25, 0.3) is 0 Å². The highest BCUT2D eigenvalue weighted by atomic mass is 31.2. The van der Waals surface area contributed by atoms with Gasteiger partial charge in [-0.2, -0.15) is 0 Å². The van der Waals surface area contributed by atoms with E-state index >= 15 is 0 Å². The predicted molar refractivity (Wildman–Crippen MR) is 138 cm³/mol. The van der Waals surface area contributed by atoms with Crippen LogP contribution in [-0.4, -0.2) is 36.7 Å². The summed E-state index contributed by atoms with van der Waals surface area (Å²) in [5, 5.41) is 6.39. The van der Waals surface area contributed by atoms with Gasteiger partial charge in [0.1, 0.15) is 18.4 Å². The largest absolute Gasteiger partial charge is 0.490 e. The fraction of sp³-hybridized carbons (Fsp3) is 0.423. The van der Waals surface area contributed by atoms with Crippen LogP contribution in [0.4, 0.5) is 5.69 Å². The van der Waals surface area contributed by atoms with Crippen LogP contribution in [0.1, 0.15) is 43.5 Å². The minimum atomic E-state index is -3.83. The lowest BCUT2D eigenvalue weighted by Crippen LogP contribution is -2.48. The lowest BCUT2D eigenvalue weighted by Gasteiger charge is -2.35. The number of carbonyl (C=O) groups is 1. The highest BCUT2D eigenvalue weighted by molar-refractivity contribution is 7.52. The minimum absolute atomic E-state index is 0.138. The van der Waals surface area contributed by atoms with Crippen LogP contribution in [0.5, 0.6) is 5.75 Å². The first-order valence-electron chi connectivity index (χ1n) is 11.2. The number of carbonyl (C=O) groups excluding carboxylic acids is 1. The number of anilines is 1. The molecule has 186 valence electrons. The SMILES string of the molecule is C=CCOc1ccc(C(NC(CP(=O)(O)OC)C(C)(C)C)C(=O)Nc2c(C)cccc2C)cc1. The van der Waals surface area contributed by atoms with Crippen LogP contribution in [0.2, 0.25) is 0 Å². The molecule has 7 nitrogen and oxygen atoms in total. The summed E-state index contributed by atoms with van der Waals surface area (Å²) in [7, 11) is -2.61. The third-order valence-electron chi connectivity index (χ3n) is 5.68. The van der Waals surface area contributed by atoms with Gasteiger partial charge >= 0.3 is 7.60 Å². The molecule has 0 bridgehead atoms.